The van der Waals surface area contributed by atoms with Crippen LogP contribution in [-0.2, 0) is 10.0 Å². The maximum Gasteiger partial charge on any atom is 0.263 e. The van der Waals surface area contributed by atoms with E-state index in [1.54, 1.807) is 30.3 Å². The summed E-state index contributed by atoms with van der Waals surface area (Å²) in [6, 6.07) is 15.9. The SMILES string of the molecule is O=S(=O)(Nc1nc2ccccc2nc1N1CCCC2(CC2)C1)c1ccccc1. The van der Waals surface area contributed by atoms with Crippen molar-refractivity contribution in [2.75, 3.05) is 22.7 Å². The topological polar surface area (TPSA) is 75.2 Å². The van der Waals surface area contributed by atoms with E-state index < -0.39 is 10.0 Å². The van der Waals surface area contributed by atoms with Gasteiger partial charge in [0.25, 0.3) is 10.0 Å². The van der Waals surface area contributed by atoms with Crippen molar-refractivity contribution in [2.45, 2.75) is 30.6 Å². The molecule has 2 aromatic carbocycles. The Morgan fingerprint density at radius 1 is 0.893 bits per heavy atom. The van der Waals surface area contributed by atoms with Gasteiger partial charge in [-0.05, 0) is 55.4 Å². The van der Waals surface area contributed by atoms with E-state index in [1.807, 2.05) is 24.3 Å². The molecule has 1 aliphatic carbocycles. The molecule has 2 fully saturated rings. The maximum absolute atomic E-state index is 12.9. The van der Waals surface area contributed by atoms with Crippen molar-refractivity contribution in [2.24, 2.45) is 5.41 Å². The van der Waals surface area contributed by atoms with Crippen LogP contribution in [0.15, 0.2) is 59.5 Å². The molecule has 1 aliphatic heterocycles. The summed E-state index contributed by atoms with van der Waals surface area (Å²) in [6.07, 6.45) is 4.83. The molecule has 2 aliphatic rings. The van der Waals surface area contributed by atoms with Crippen molar-refractivity contribution < 1.29 is 8.42 Å². The number of nitrogens with zero attached hydrogens (tertiary/aromatic N) is 3. The molecule has 0 unspecified atom stereocenters. The lowest BCUT2D eigenvalue weighted by atomic mass is 9.95. The first-order chi connectivity index (χ1) is 13.5. The number of nitrogens with one attached hydrogen (secondary N) is 1. The van der Waals surface area contributed by atoms with Crippen LogP contribution in [0.2, 0.25) is 0 Å². The van der Waals surface area contributed by atoms with Crippen LogP contribution in [0.3, 0.4) is 0 Å². The van der Waals surface area contributed by atoms with Crippen LogP contribution < -0.4 is 9.62 Å². The zero-order valence-corrected chi connectivity index (χ0v) is 16.3. The van der Waals surface area contributed by atoms with Gasteiger partial charge in [-0.1, -0.05) is 30.3 Å². The average molecular weight is 395 g/mol. The highest BCUT2D eigenvalue weighted by molar-refractivity contribution is 7.92. The smallest absolute Gasteiger partial charge is 0.263 e. The predicted molar refractivity (Wildman–Crippen MR) is 110 cm³/mol. The van der Waals surface area contributed by atoms with Crippen LogP contribution in [0, 0.1) is 5.41 Å². The molecule has 0 bridgehead atoms. The average Bonchev–Trinajstić information content (AvgIpc) is 3.46. The first-order valence-electron chi connectivity index (χ1n) is 9.64. The van der Waals surface area contributed by atoms with Crippen LogP contribution in [0.4, 0.5) is 11.6 Å². The number of hydrogen-bond acceptors (Lipinski definition) is 5. The standard InChI is InChI=1S/C21H22N4O2S/c26-28(27,16-7-2-1-3-8-16)24-19-20(23-18-10-5-4-9-17(18)22-19)25-14-6-11-21(15-25)12-13-21/h1-5,7-10H,6,11-15H2,(H,22,24). The van der Waals surface area contributed by atoms with Gasteiger partial charge in [0.2, 0.25) is 0 Å². The summed E-state index contributed by atoms with van der Waals surface area (Å²) in [4.78, 5) is 11.9. The molecule has 0 radical (unpaired) electrons. The molecule has 1 saturated heterocycles. The maximum atomic E-state index is 12.9. The molecule has 2 heterocycles. The molecule has 7 heteroatoms. The number of piperidine rings is 1. The summed E-state index contributed by atoms with van der Waals surface area (Å²) in [5.41, 5.74) is 1.84. The molecular formula is C21H22N4O2S. The first kappa shape index (κ1) is 17.4. The van der Waals surface area contributed by atoms with Crippen molar-refractivity contribution in [1.82, 2.24) is 9.97 Å². The normalized spacial score (nSPS) is 18.4. The van der Waals surface area contributed by atoms with Crippen molar-refractivity contribution in [3.8, 4) is 0 Å². The third-order valence-electron chi connectivity index (χ3n) is 5.75. The number of rotatable bonds is 4. The van der Waals surface area contributed by atoms with Gasteiger partial charge in [-0.25, -0.2) is 18.4 Å². The summed E-state index contributed by atoms with van der Waals surface area (Å²) >= 11 is 0. The highest BCUT2D eigenvalue weighted by Crippen LogP contribution is 2.52. The Morgan fingerprint density at radius 3 is 2.29 bits per heavy atom. The van der Waals surface area contributed by atoms with E-state index >= 15 is 0 Å². The number of sulfonamides is 1. The van der Waals surface area contributed by atoms with Gasteiger partial charge in [0.1, 0.15) is 0 Å². The predicted octanol–water partition coefficient (Wildman–Crippen LogP) is 3.81. The van der Waals surface area contributed by atoms with Crippen molar-refractivity contribution >= 4 is 32.7 Å². The van der Waals surface area contributed by atoms with E-state index in [4.69, 9.17) is 4.98 Å². The highest BCUT2D eigenvalue weighted by Gasteiger charge is 2.46. The Kier molecular flexibility index (Phi) is 4.01. The van der Waals surface area contributed by atoms with Gasteiger partial charge in [-0.15, -0.1) is 0 Å². The fourth-order valence-electron chi connectivity index (χ4n) is 4.04. The molecule has 1 saturated carbocycles. The monoisotopic (exact) mass is 394 g/mol. The second-order valence-corrected chi connectivity index (χ2v) is 9.51. The number of fused-ring (bicyclic) bond motifs is 1. The molecule has 5 rings (SSSR count). The van der Waals surface area contributed by atoms with Gasteiger partial charge < -0.3 is 4.90 Å². The number of benzene rings is 2. The summed E-state index contributed by atoms with van der Waals surface area (Å²) in [6.45, 7) is 1.79. The van der Waals surface area contributed by atoms with Crippen LogP contribution in [-0.4, -0.2) is 31.5 Å². The summed E-state index contributed by atoms with van der Waals surface area (Å²) < 4.78 is 28.5. The largest absolute Gasteiger partial charge is 0.353 e. The van der Waals surface area contributed by atoms with Crippen LogP contribution in [0.5, 0.6) is 0 Å². The third kappa shape index (κ3) is 3.20. The molecule has 1 N–H and O–H groups in total. The third-order valence-corrected chi connectivity index (χ3v) is 7.11. The lowest BCUT2D eigenvalue weighted by molar-refractivity contribution is 0.394. The summed E-state index contributed by atoms with van der Waals surface area (Å²) in [5.74, 6) is 0.935. The fraction of sp³-hybridized carbons (Fsp3) is 0.333. The molecular weight excluding hydrogens is 372 g/mol. The number of para-hydroxylation sites is 2. The lowest BCUT2D eigenvalue weighted by Gasteiger charge is -2.34. The highest BCUT2D eigenvalue weighted by atomic mass is 32.2. The second-order valence-electron chi connectivity index (χ2n) is 7.83. The Bertz CT molecular complexity index is 1130. The van der Waals surface area contributed by atoms with Gasteiger partial charge in [0.05, 0.1) is 15.9 Å². The van der Waals surface area contributed by atoms with Crippen LogP contribution in [0.1, 0.15) is 25.7 Å². The van der Waals surface area contributed by atoms with Gasteiger partial charge in [-0.2, -0.15) is 0 Å². The van der Waals surface area contributed by atoms with Gasteiger partial charge >= 0.3 is 0 Å². The zero-order chi connectivity index (χ0) is 19.2. The first-order valence-corrected chi connectivity index (χ1v) is 11.1. The minimum Gasteiger partial charge on any atom is -0.353 e. The van der Waals surface area contributed by atoms with E-state index in [2.05, 4.69) is 14.6 Å². The van der Waals surface area contributed by atoms with Crippen molar-refractivity contribution in [3.05, 3.63) is 54.6 Å². The van der Waals surface area contributed by atoms with Gasteiger partial charge in [-0.3, -0.25) is 4.72 Å². The molecule has 28 heavy (non-hydrogen) atoms. The van der Waals surface area contributed by atoms with Crippen molar-refractivity contribution in [1.29, 1.82) is 0 Å². The van der Waals surface area contributed by atoms with E-state index in [0.29, 0.717) is 22.6 Å². The minimum atomic E-state index is -3.74. The molecule has 0 atom stereocenters. The zero-order valence-electron chi connectivity index (χ0n) is 15.5. The minimum absolute atomic E-state index is 0.216. The van der Waals surface area contributed by atoms with Gasteiger partial charge in [0, 0.05) is 13.1 Å². The van der Waals surface area contributed by atoms with Crippen LogP contribution in [0.25, 0.3) is 11.0 Å². The van der Waals surface area contributed by atoms with E-state index in [1.165, 1.54) is 19.3 Å². The molecule has 6 nitrogen and oxygen atoms in total. The Morgan fingerprint density at radius 2 is 1.57 bits per heavy atom. The van der Waals surface area contributed by atoms with Gasteiger partial charge in [0.15, 0.2) is 11.6 Å². The second kappa shape index (κ2) is 6.44. The quantitative estimate of drug-likeness (QED) is 0.728. The Balaban J connectivity index is 1.58. The number of hydrogen-bond donors (Lipinski definition) is 1. The molecule has 3 aromatic rings. The van der Waals surface area contributed by atoms with Crippen molar-refractivity contribution in [3.63, 3.8) is 0 Å². The fourth-order valence-corrected chi connectivity index (χ4v) is 5.06. The Hall–Kier alpha value is -2.67. The summed E-state index contributed by atoms with van der Waals surface area (Å²) in [7, 11) is -3.74. The lowest BCUT2D eigenvalue weighted by Crippen LogP contribution is -2.37. The van der Waals surface area contributed by atoms with Crippen LogP contribution >= 0.6 is 0 Å². The summed E-state index contributed by atoms with van der Waals surface area (Å²) in [5, 5.41) is 0. The van der Waals surface area contributed by atoms with E-state index in [9.17, 15) is 8.42 Å². The Labute approximate surface area is 164 Å². The van der Waals surface area contributed by atoms with E-state index in [0.717, 1.165) is 25.0 Å². The molecule has 1 aromatic heterocycles. The number of aromatic nitrogens is 2. The molecule has 0 amide bonds. The molecule has 1 spiro atoms. The number of anilines is 2. The molecule has 144 valence electrons. The van der Waals surface area contributed by atoms with E-state index in [-0.39, 0.29) is 4.90 Å².